The molecule has 0 bridgehead atoms. The predicted molar refractivity (Wildman–Crippen MR) is 89.2 cm³/mol. The van der Waals surface area contributed by atoms with Crippen molar-refractivity contribution in [1.29, 1.82) is 0 Å². The molecule has 0 unspecified atom stereocenters. The summed E-state index contributed by atoms with van der Waals surface area (Å²) in [5.41, 5.74) is 3.59. The standard InChI is InChI=1S/C19H27N/c1-8-9-10-11-12-19(6,7)17-14-16(18(3,4)5)13-15(2)20-17/h8-14H,1H2,2-7H3/b10-9-,12-11-. The van der Waals surface area contributed by atoms with Crippen LogP contribution in [0.15, 0.2) is 49.1 Å². The normalized spacial score (nSPS) is 13.3. The molecule has 0 aliphatic heterocycles. The van der Waals surface area contributed by atoms with Crippen LogP contribution in [0.3, 0.4) is 0 Å². The number of allylic oxidation sites excluding steroid dienone is 5. The van der Waals surface area contributed by atoms with Crippen LogP contribution >= 0.6 is 0 Å². The summed E-state index contributed by atoms with van der Waals surface area (Å²) in [6.07, 6.45) is 9.94. The molecule has 1 rings (SSSR count). The molecule has 0 aliphatic rings. The lowest BCUT2D eigenvalue weighted by Gasteiger charge is -2.25. The monoisotopic (exact) mass is 269 g/mol. The zero-order valence-electron chi connectivity index (χ0n) is 13.7. The van der Waals surface area contributed by atoms with Crippen molar-refractivity contribution in [2.24, 2.45) is 0 Å². The van der Waals surface area contributed by atoms with E-state index in [4.69, 9.17) is 4.98 Å². The molecule has 0 N–H and O–H groups in total. The molecule has 0 spiro atoms. The molecule has 0 radical (unpaired) electrons. The van der Waals surface area contributed by atoms with Crippen LogP contribution in [0.1, 0.15) is 51.6 Å². The van der Waals surface area contributed by atoms with Gasteiger partial charge in [-0.2, -0.15) is 0 Å². The van der Waals surface area contributed by atoms with Crippen LogP contribution < -0.4 is 0 Å². The molecule has 0 fully saturated rings. The highest BCUT2D eigenvalue weighted by Crippen LogP contribution is 2.29. The van der Waals surface area contributed by atoms with Crippen molar-refractivity contribution in [2.45, 2.75) is 52.4 Å². The third kappa shape index (κ3) is 4.48. The first-order chi connectivity index (χ1) is 9.16. The molecule has 20 heavy (non-hydrogen) atoms. The van der Waals surface area contributed by atoms with Crippen molar-refractivity contribution in [3.05, 3.63) is 66.0 Å². The topological polar surface area (TPSA) is 12.9 Å². The number of pyridine rings is 1. The van der Waals surface area contributed by atoms with Gasteiger partial charge in [0.2, 0.25) is 0 Å². The Hall–Kier alpha value is -1.63. The highest BCUT2D eigenvalue weighted by Gasteiger charge is 2.22. The van der Waals surface area contributed by atoms with Gasteiger partial charge in [-0.25, -0.2) is 0 Å². The van der Waals surface area contributed by atoms with Crippen LogP contribution in [-0.2, 0) is 10.8 Å². The summed E-state index contributed by atoms with van der Waals surface area (Å²) in [7, 11) is 0. The van der Waals surface area contributed by atoms with Gasteiger partial charge in [-0.3, -0.25) is 4.98 Å². The number of nitrogens with zero attached hydrogens (tertiary/aromatic N) is 1. The van der Waals surface area contributed by atoms with Gasteiger partial charge in [0.1, 0.15) is 0 Å². The Morgan fingerprint density at radius 2 is 1.65 bits per heavy atom. The van der Waals surface area contributed by atoms with E-state index in [9.17, 15) is 0 Å². The highest BCUT2D eigenvalue weighted by atomic mass is 14.7. The van der Waals surface area contributed by atoms with Gasteiger partial charge in [0, 0.05) is 11.1 Å². The molecule has 0 amide bonds. The SMILES string of the molecule is C=C/C=C\C=C/C(C)(C)c1cc(C(C)(C)C)cc(C)n1. The summed E-state index contributed by atoms with van der Waals surface area (Å²) in [5, 5.41) is 0. The van der Waals surface area contributed by atoms with Crippen LogP contribution in [0.25, 0.3) is 0 Å². The lowest BCUT2D eigenvalue weighted by Crippen LogP contribution is -2.19. The van der Waals surface area contributed by atoms with Crippen molar-refractivity contribution in [2.75, 3.05) is 0 Å². The second-order valence-electron chi connectivity index (χ2n) is 6.83. The average Bonchev–Trinajstić information content (AvgIpc) is 2.33. The number of rotatable bonds is 4. The summed E-state index contributed by atoms with van der Waals surface area (Å²) in [6.45, 7) is 16.8. The molecule has 0 saturated heterocycles. The summed E-state index contributed by atoms with van der Waals surface area (Å²) in [5.74, 6) is 0. The van der Waals surface area contributed by atoms with Crippen molar-refractivity contribution < 1.29 is 0 Å². The smallest absolute Gasteiger partial charge is 0.0503 e. The maximum Gasteiger partial charge on any atom is 0.0503 e. The minimum absolute atomic E-state index is 0.0858. The zero-order chi connectivity index (χ0) is 15.4. The summed E-state index contributed by atoms with van der Waals surface area (Å²) < 4.78 is 0. The van der Waals surface area contributed by atoms with Crippen LogP contribution in [0.2, 0.25) is 0 Å². The quantitative estimate of drug-likeness (QED) is 0.679. The summed E-state index contributed by atoms with van der Waals surface area (Å²) in [4.78, 5) is 4.72. The lowest BCUT2D eigenvalue weighted by molar-refractivity contribution is 0.577. The van der Waals surface area contributed by atoms with E-state index in [2.05, 4.69) is 72.4 Å². The van der Waals surface area contributed by atoms with Gasteiger partial charge in [0.05, 0.1) is 5.69 Å². The molecule has 1 heteroatoms. The highest BCUT2D eigenvalue weighted by molar-refractivity contribution is 5.33. The van der Waals surface area contributed by atoms with Crippen LogP contribution in [0.5, 0.6) is 0 Å². The van der Waals surface area contributed by atoms with E-state index in [0.29, 0.717) is 0 Å². The lowest BCUT2D eigenvalue weighted by atomic mass is 9.82. The molecule has 1 aromatic rings. The zero-order valence-corrected chi connectivity index (χ0v) is 13.7. The van der Waals surface area contributed by atoms with E-state index in [1.54, 1.807) is 6.08 Å². The predicted octanol–water partition coefficient (Wildman–Crippen LogP) is 5.26. The van der Waals surface area contributed by atoms with Crippen molar-refractivity contribution in [1.82, 2.24) is 4.98 Å². The van der Waals surface area contributed by atoms with E-state index in [0.717, 1.165) is 11.4 Å². The molecular weight excluding hydrogens is 242 g/mol. The van der Waals surface area contributed by atoms with Crippen LogP contribution in [0.4, 0.5) is 0 Å². The van der Waals surface area contributed by atoms with Crippen LogP contribution in [0, 0.1) is 6.92 Å². The molecule has 0 atom stereocenters. The number of hydrogen-bond donors (Lipinski definition) is 0. The second-order valence-corrected chi connectivity index (χ2v) is 6.83. The van der Waals surface area contributed by atoms with E-state index in [-0.39, 0.29) is 10.8 Å². The maximum absolute atomic E-state index is 4.72. The van der Waals surface area contributed by atoms with Gasteiger partial charge in [-0.05, 0) is 30.0 Å². The Morgan fingerprint density at radius 1 is 1.00 bits per heavy atom. The first kappa shape index (κ1) is 16.4. The van der Waals surface area contributed by atoms with Gasteiger partial charge < -0.3 is 0 Å². The van der Waals surface area contributed by atoms with Crippen LogP contribution in [-0.4, -0.2) is 4.98 Å². The largest absolute Gasteiger partial charge is 0.257 e. The first-order valence-corrected chi connectivity index (χ1v) is 7.13. The fourth-order valence-electron chi connectivity index (χ4n) is 1.96. The summed E-state index contributed by atoms with van der Waals surface area (Å²) in [6, 6.07) is 4.41. The number of aromatic nitrogens is 1. The maximum atomic E-state index is 4.72. The van der Waals surface area contributed by atoms with Gasteiger partial charge in [0.15, 0.2) is 0 Å². The van der Waals surface area contributed by atoms with Gasteiger partial charge in [0.25, 0.3) is 0 Å². The fourth-order valence-corrected chi connectivity index (χ4v) is 1.96. The van der Waals surface area contributed by atoms with E-state index >= 15 is 0 Å². The third-order valence-electron chi connectivity index (χ3n) is 3.35. The Bertz CT molecular complexity index is 525. The minimum Gasteiger partial charge on any atom is -0.257 e. The van der Waals surface area contributed by atoms with E-state index < -0.39 is 0 Å². The Morgan fingerprint density at radius 3 is 2.20 bits per heavy atom. The van der Waals surface area contributed by atoms with Crippen molar-refractivity contribution in [3.63, 3.8) is 0 Å². The number of hydrogen-bond acceptors (Lipinski definition) is 1. The molecule has 0 saturated carbocycles. The molecular formula is C19H27N. The minimum atomic E-state index is -0.0858. The molecule has 108 valence electrons. The van der Waals surface area contributed by atoms with Gasteiger partial charge in [-0.1, -0.05) is 71.6 Å². The molecule has 1 aromatic heterocycles. The Kier molecular flexibility index (Phi) is 5.10. The number of aryl methyl sites for hydroxylation is 1. The van der Waals surface area contributed by atoms with E-state index in [1.165, 1.54) is 5.56 Å². The Balaban J connectivity index is 3.18. The van der Waals surface area contributed by atoms with Gasteiger partial charge in [-0.15, -0.1) is 0 Å². The third-order valence-corrected chi connectivity index (χ3v) is 3.35. The molecule has 0 aromatic carbocycles. The molecule has 1 heterocycles. The first-order valence-electron chi connectivity index (χ1n) is 7.13. The average molecular weight is 269 g/mol. The van der Waals surface area contributed by atoms with Crippen molar-refractivity contribution in [3.8, 4) is 0 Å². The summed E-state index contributed by atoms with van der Waals surface area (Å²) >= 11 is 0. The molecule has 0 aliphatic carbocycles. The van der Waals surface area contributed by atoms with Crippen molar-refractivity contribution >= 4 is 0 Å². The van der Waals surface area contributed by atoms with Gasteiger partial charge >= 0.3 is 0 Å². The Labute approximate surface area is 124 Å². The van der Waals surface area contributed by atoms with E-state index in [1.807, 2.05) is 12.2 Å². The molecule has 1 nitrogen and oxygen atoms in total. The fraction of sp³-hybridized carbons (Fsp3) is 0.421. The second kappa shape index (κ2) is 6.21.